The number of hydrogen-bond donors (Lipinski definition) is 2. The molecule has 25 heavy (non-hydrogen) atoms. The maximum atomic E-state index is 10.3. The highest BCUT2D eigenvalue weighted by atomic mass is 16.5. The van der Waals surface area contributed by atoms with Crippen molar-refractivity contribution in [1.82, 2.24) is 24.9 Å². The number of aromatic amines is 1. The quantitative estimate of drug-likeness (QED) is 0.715. The van der Waals surface area contributed by atoms with Gasteiger partial charge in [0.25, 0.3) is 0 Å². The van der Waals surface area contributed by atoms with Crippen LogP contribution in [0.5, 0.6) is 5.75 Å². The van der Waals surface area contributed by atoms with Crippen LogP contribution in [-0.4, -0.2) is 62.3 Å². The summed E-state index contributed by atoms with van der Waals surface area (Å²) in [5.74, 6) is 0.808. The van der Waals surface area contributed by atoms with Crippen LogP contribution in [-0.2, 0) is 0 Å². The smallest absolute Gasteiger partial charge is 0.128 e. The fourth-order valence-corrected chi connectivity index (χ4v) is 3.50. The summed E-state index contributed by atoms with van der Waals surface area (Å²) in [5.41, 5.74) is 1.04. The molecule has 1 aliphatic heterocycles. The molecule has 2 N–H and O–H groups in total. The van der Waals surface area contributed by atoms with Crippen LogP contribution in [0.1, 0.15) is 18.9 Å². The molecule has 0 radical (unpaired) electrons. The molecule has 0 spiro atoms. The lowest BCUT2D eigenvalue weighted by Gasteiger charge is -2.32. The van der Waals surface area contributed by atoms with E-state index in [4.69, 9.17) is 4.74 Å². The van der Waals surface area contributed by atoms with Crippen LogP contribution in [0.15, 0.2) is 42.9 Å². The summed E-state index contributed by atoms with van der Waals surface area (Å²) >= 11 is 0. The molecule has 132 valence electrons. The van der Waals surface area contributed by atoms with Crippen molar-refractivity contribution in [3.8, 4) is 5.75 Å². The normalized spacial score (nSPS) is 17.8. The molecule has 7 nitrogen and oxygen atoms in total. The van der Waals surface area contributed by atoms with Crippen LogP contribution in [0.3, 0.4) is 0 Å². The second-order valence-corrected chi connectivity index (χ2v) is 6.57. The van der Waals surface area contributed by atoms with E-state index in [-0.39, 0.29) is 0 Å². The van der Waals surface area contributed by atoms with Crippen LogP contribution in [0.2, 0.25) is 0 Å². The highest BCUT2D eigenvalue weighted by Gasteiger charge is 2.22. The van der Waals surface area contributed by atoms with E-state index in [1.54, 1.807) is 6.20 Å². The number of hydrogen-bond acceptors (Lipinski definition) is 5. The number of aliphatic hydroxyl groups is 1. The predicted octanol–water partition coefficient (Wildman–Crippen LogP) is 1.84. The van der Waals surface area contributed by atoms with Gasteiger partial charge in [0, 0.05) is 42.9 Å². The molecule has 1 fully saturated rings. The fourth-order valence-electron chi connectivity index (χ4n) is 3.50. The molecule has 0 saturated carbocycles. The molecule has 4 rings (SSSR count). The van der Waals surface area contributed by atoms with E-state index in [2.05, 4.69) is 20.2 Å². The molecule has 1 aromatic carbocycles. The minimum absolute atomic E-state index is 0.299. The number of ether oxygens (including phenoxy) is 1. The molecule has 3 aromatic rings. The van der Waals surface area contributed by atoms with Gasteiger partial charge < -0.3 is 19.7 Å². The van der Waals surface area contributed by atoms with E-state index in [1.165, 1.54) is 0 Å². The molecular weight excluding hydrogens is 318 g/mol. The highest BCUT2D eigenvalue weighted by molar-refractivity contribution is 5.85. The van der Waals surface area contributed by atoms with Gasteiger partial charge in [0.2, 0.25) is 0 Å². The Balaban J connectivity index is 1.26. The molecule has 1 aliphatic rings. The van der Waals surface area contributed by atoms with Crippen molar-refractivity contribution in [2.75, 3.05) is 26.2 Å². The zero-order valence-corrected chi connectivity index (χ0v) is 14.1. The number of nitrogens with one attached hydrogen (secondary N) is 1. The maximum absolute atomic E-state index is 10.3. The average molecular weight is 341 g/mol. The van der Waals surface area contributed by atoms with Gasteiger partial charge in [-0.25, -0.2) is 4.68 Å². The van der Waals surface area contributed by atoms with Gasteiger partial charge in [-0.05, 0) is 31.0 Å². The number of nitrogens with zero attached hydrogens (tertiary/aromatic N) is 4. The summed E-state index contributed by atoms with van der Waals surface area (Å²) in [4.78, 5) is 5.46. The Morgan fingerprint density at radius 3 is 2.96 bits per heavy atom. The summed E-state index contributed by atoms with van der Waals surface area (Å²) < 4.78 is 7.78. The number of benzene rings is 1. The van der Waals surface area contributed by atoms with Crippen LogP contribution in [0.4, 0.5) is 0 Å². The zero-order chi connectivity index (χ0) is 17.1. The second kappa shape index (κ2) is 7.25. The Morgan fingerprint density at radius 1 is 1.28 bits per heavy atom. The summed E-state index contributed by atoms with van der Waals surface area (Å²) in [7, 11) is 0. The molecule has 1 unspecified atom stereocenters. The number of β-amino-alcohol motifs (C(OH)–C–C–N with tert-alkyl or cyclic N) is 1. The van der Waals surface area contributed by atoms with E-state index in [9.17, 15) is 5.11 Å². The lowest BCUT2D eigenvalue weighted by atomic mass is 10.1. The predicted molar refractivity (Wildman–Crippen MR) is 94.5 cm³/mol. The molecule has 0 amide bonds. The SMILES string of the molecule is OC(COc1cccc2[nH]ccc12)CN1CCC(n2ccnn2)CC1. The fraction of sp³-hybridized carbons (Fsp3) is 0.444. The van der Waals surface area contributed by atoms with E-state index in [0.717, 1.165) is 42.6 Å². The molecule has 3 heterocycles. The molecular formula is C18H23N5O2. The number of rotatable bonds is 6. The number of fused-ring (bicyclic) bond motifs is 1. The van der Waals surface area contributed by atoms with Gasteiger partial charge in [-0.1, -0.05) is 11.3 Å². The number of aromatic nitrogens is 4. The lowest BCUT2D eigenvalue weighted by Crippen LogP contribution is -2.41. The Hall–Kier alpha value is -2.38. The monoisotopic (exact) mass is 341 g/mol. The molecule has 1 atom stereocenters. The van der Waals surface area contributed by atoms with E-state index in [0.29, 0.717) is 19.2 Å². The number of H-pyrrole nitrogens is 1. The van der Waals surface area contributed by atoms with Crippen molar-refractivity contribution in [2.24, 2.45) is 0 Å². The minimum Gasteiger partial charge on any atom is -0.490 e. The third kappa shape index (κ3) is 3.67. The summed E-state index contributed by atoms with van der Waals surface area (Å²) in [6.45, 7) is 2.84. The first-order valence-corrected chi connectivity index (χ1v) is 8.75. The van der Waals surface area contributed by atoms with Crippen LogP contribution in [0, 0.1) is 0 Å². The van der Waals surface area contributed by atoms with Crippen molar-refractivity contribution in [3.63, 3.8) is 0 Å². The van der Waals surface area contributed by atoms with Crippen LogP contribution in [0.25, 0.3) is 10.9 Å². The maximum Gasteiger partial charge on any atom is 0.128 e. The number of aliphatic hydroxyl groups excluding tert-OH is 1. The first-order valence-electron chi connectivity index (χ1n) is 8.75. The Morgan fingerprint density at radius 2 is 2.16 bits per heavy atom. The Bertz CT molecular complexity index is 793. The van der Waals surface area contributed by atoms with Crippen LogP contribution < -0.4 is 4.74 Å². The molecule has 1 saturated heterocycles. The third-order valence-electron chi connectivity index (χ3n) is 4.83. The van der Waals surface area contributed by atoms with E-state index < -0.39 is 6.10 Å². The van der Waals surface area contributed by atoms with Gasteiger partial charge in [-0.3, -0.25) is 0 Å². The molecule has 0 aliphatic carbocycles. The van der Waals surface area contributed by atoms with Crippen molar-refractivity contribution >= 4 is 10.9 Å². The standard InChI is InChI=1S/C18H23N5O2/c24-15(13-25-18-3-1-2-17-16(18)4-7-19-17)12-22-9-5-14(6-10-22)23-11-8-20-21-23/h1-4,7-8,11,14-15,19,24H,5-6,9-10,12-13H2. The van der Waals surface area contributed by atoms with Crippen molar-refractivity contribution in [3.05, 3.63) is 42.9 Å². The van der Waals surface area contributed by atoms with Gasteiger partial charge in [0.05, 0.1) is 12.2 Å². The average Bonchev–Trinajstić information content (AvgIpc) is 3.32. The van der Waals surface area contributed by atoms with E-state index in [1.807, 2.05) is 41.3 Å². The highest BCUT2D eigenvalue weighted by Crippen LogP contribution is 2.25. The Labute approximate surface area is 146 Å². The van der Waals surface area contributed by atoms with Crippen molar-refractivity contribution in [2.45, 2.75) is 25.0 Å². The first kappa shape index (κ1) is 16.1. The van der Waals surface area contributed by atoms with Gasteiger partial charge in [-0.15, -0.1) is 5.10 Å². The lowest BCUT2D eigenvalue weighted by molar-refractivity contribution is 0.0553. The number of likely N-dealkylation sites (tertiary alicyclic amines) is 1. The topological polar surface area (TPSA) is 79.2 Å². The molecule has 2 aromatic heterocycles. The Kier molecular flexibility index (Phi) is 4.67. The van der Waals surface area contributed by atoms with Crippen molar-refractivity contribution in [1.29, 1.82) is 0 Å². The summed E-state index contributed by atoms with van der Waals surface area (Å²) in [5, 5.41) is 19.3. The summed E-state index contributed by atoms with van der Waals surface area (Å²) in [6, 6.07) is 8.31. The largest absolute Gasteiger partial charge is 0.490 e. The number of piperidine rings is 1. The molecule has 0 bridgehead atoms. The zero-order valence-electron chi connectivity index (χ0n) is 14.1. The van der Waals surface area contributed by atoms with Crippen LogP contribution >= 0.6 is 0 Å². The van der Waals surface area contributed by atoms with Gasteiger partial charge in [-0.2, -0.15) is 0 Å². The third-order valence-corrected chi connectivity index (χ3v) is 4.83. The molecule has 7 heteroatoms. The van der Waals surface area contributed by atoms with E-state index >= 15 is 0 Å². The summed E-state index contributed by atoms with van der Waals surface area (Å²) in [6.07, 6.45) is 7.09. The first-order chi connectivity index (χ1) is 12.3. The second-order valence-electron chi connectivity index (χ2n) is 6.57. The van der Waals surface area contributed by atoms with Gasteiger partial charge >= 0.3 is 0 Å². The van der Waals surface area contributed by atoms with Gasteiger partial charge in [0.1, 0.15) is 18.5 Å². The van der Waals surface area contributed by atoms with Gasteiger partial charge in [0.15, 0.2) is 0 Å². The minimum atomic E-state index is -0.503. The van der Waals surface area contributed by atoms with Crippen molar-refractivity contribution < 1.29 is 9.84 Å².